The van der Waals surface area contributed by atoms with Crippen LogP contribution in [0.25, 0.3) is 0 Å². The van der Waals surface area contributed by atoms with Crippen LogP contribution in [0.5, 0.6) is 0 Å². The second-order valence-corrected chi connectivity index (χ2v) is 6.17. The average Bonchev–Trinajstić information content (AvgIpc) is 2.81. The molecule has 0 saturated heterocycles. The van der Waals surface area contributed by atoms with Gasteiger partial charge in [-0.1, -0.05) is 6.92 Å². The van der Waals surface area contributed by atoms with Gasteiger partial charge in [-0.15, -0.1) is 23.1 Å². The number of hydrogen-bond donors (Lipinski definition) is 1. The fourth-order valence-corrected chi connectivity index (χ4v) is 3.12. The van der Waals surface area contributed by atoms with Gasteiger partial charge >= 0.3 is 0 Å². The topological polar surface area (TPSA) is 42.0 Å². The molecule has 1 N–H and O–H groups in total. The lowest BCUT2D eigenvalue weighted by molar-refractivity contribution is 0.103. The van der Waals surface area contributed by atoms with Crippen molar-refractivity contribution in [1.82, 2.24) is 4.98 Å². The summed E-state index contributed by atoms with van der Waals surface area (Å²) in [6.07, 6.45) is 4.62. The third-order valence-corrected chi connectivity index (χ3v) is 4.58. The third-order valence-electron chi connectivity index (χ3n) is 2.83. The molecule has 100 valence electrons. The fourth-order valence-electron chi connectivity index (χ4n) is 1.75. The van der Waals surface area contributed by atoms with Crippen LogP contribution in [0.2, 0.25) is 0 Å². The van der Waals surface area contributed by atoms with E-state index in [0.29, 0.717) is 0 Å². The molecule has 0 bridgehead atoms. The number of nitrogens with one attached hydrogen (secondary N) is 1. The summed E-state index contributed by atoms with van der Waals surface area (Å²) < 4.78 is 0. The number of amides is 1. The minimum Gasteiger partial charge on any atom is -0.320 e. The quantitative estimate of drug-likeness (QED) is 0.866. The van der Waals surface area contributed by atoms with Crippen LogP contribution in [0.4, 0.5) is 5.69 Å². The normalized spacial score (nSPS) is 10.5. The Kier molecular flexibility index (Phi) is 4.61. The molecule has 0 atom stereocenters. The molecule has 2 aromatic heterocycles. The number of anilines is 1. The second-order valence-electron chi connectivity index (χ2n) is 4.09. The standard InChI is InChI=1S/C14H16N2OS2/c1-4-10-7-12(19-9(10)2)14(17)16-11-5-6-13(18-3)15-8-11/h5-8H,4H2,1-3H3,(H,16,17). The number of thiophene rings is 1. The van der Waals surface area contributed by atoms with Crippen molar-refractivity contribution < 1.29 is 4.79 Å². The van der Waals surface area contributed by atoms with Gasteiger partial charge in [-0.05, 0) is 43.4 Å². The number of pyridine rings is 1. The van der Waals surface area contributed by atoms with Crippen molar-refractivity contribution in [2.75, 3.05) is 11.6 Å². The number of carbonyl (C=O) groups excluding carboxylic acids is 1. The summed E-state index contributed by atoms with van der Waals surface area (Å²) in [6, 6.07) is 5.74. The van der Waals surface area contributed by atoms with Crippen LogP contribution in [0.1, 0.15) is 27.0 Å². The number of carbonyl (C=O) groups is 1. The van der Waals surface area contributed by atoms with Crippen LogP contribution >= 0.6 is 23.1 Å². The van der Waals surface area contributed by atoms with Crippen LogP contribution in [-0.4, -0.2) is 17.1 Å². The minimum absolute atomic E-state index is 0.0634. The molecule has 0 aliphatic heterocycles. The van der Waals surface area contributed by atoms with Gasteiger partial charge in [-0.3, -0.25) is 4.79 Å². The number of nitrogens with zero attached hydrogens (tertiary/aromatic N) is 1. The van der Waals surface area contributed by atoms with Gasteiger partial charge in [0.15, 0.2) is 0 Å². The van der Waals surface area contributed by atoms with Crippen LogP contribution in [0, 0.1) is 6.92 Å². The van der Waals surface area contributed by atoms with Crippen LogP contribution in [0.15, 0.2) is 29.4 Å². The first-order chi connectivity index (χ1) is 9.13. The molecule has 0 unspecified atom stereocenters. The third kappa shape index (κ3) is 3.36. The van der Waals surface area contributed by atoms with Gasteiger partial charge in [0.05, 0.1) is 21.8 Å². The lowest BCUT2D eigenvalue weighted by atomic mass is 10.2. The van der Waals surface area contributed by atoms with Crippen LogP contribution in [-0.2, 0) is 6.42 Å². The second kappa shape index (κ2) is 6.21. The first-order valence-electron chi connectivity index (χ1n) is 6.04. The highest BCUT2D eigenvalue weighted by atomic mass is 32.2. The van der Waals surface area contributed by atoms with E-state index in [2.05, 4.69) is 24.1 Å². The number of aromatic nitrogens is 1. The summed E-state index contributed by atoms with van der Waals surface area (Å²) in [5.74, 6) is -0.0634. The molecule has 0 saturated carbocycles. The molecule has 0 fully saturated rings. The number of thioether (sulfide) groups is 1. The molecule has 0 spiro atoms. The fraction of sp³-hybridized carbons (Fsp3) is 0.286. The molecule has 2 heterocycles. The van der Waals surface area contributed by atoms with Gasteiger partial charge in [0.2, 0.25) is 0 Å². The average molecular weight is 292 g/mol. The van der Waals surface area contributed by atoms with E-state index >= 15 is 0 Å². The molecule has 1 amide bonds. The zero-order valence-electron chi connectivity index (χ0n) is 11.2. The zero-order valence-corrected chi connectivity index (χ0v) is 12.8. The summed E-state index contributed by atoms with van der Waals surface area (Å²) in [7, 11) is 0. The van der Waals surface area contributed by atoms with Gasteiger partial charge in [-0.2, -0.15) is 0 Å². The molecule has 0 aliphatic carbocycles. The van der Waals surface area contributed by atoms with Crippen molar-refractivity contribution in [2.24, 2.45) is 0 Å². The largest absolute Gasteiger partial charge is 0.320 e. The van der Waals surface area contributed by atoms with Crippen molar-refractivity contribution in [3.8, 4) is 0 Å². The van der Waals surface area contributed by atoms with Gasteiger partial charge in [0, 0.05) is 4.88 Å². The lowest BCUT2D eigenvalue weighted by Crippen LogP contribution is -2.10. The molecule has 3 nitrogen and oxygen atoms in total. The Balaban J connectivity index is 2.11. The summed E-state index contributed by atoms with van der Waals surface area (Å²) in [5, 5.41) is 3.82. The Hall–Kier alpha value is -1.33. The van der Waals surface area contributed by atoms with E-state index in [9.17, 15) is 4.79 Å². The highest BCUT2D eigenvalue weighted by molar-refractivity contribution is 7.98. The van der Waals surface area contributed by atoms with E-state index in [1.54, 1.807) is 18.0 Å². The number of rotatable bonds is 4. The lowest BCUT2D eigenvalue weighted by Gasteiger charge is -2.03. The maximum absolute atomic E-state index is 12.1. The van der Waals surface area contributed by atoms with Gasteiger partial charge in [0.1, 0.15) is 0 Å². The molecule has 5 heteroatoms. The first kappa shape index (κ1) is 14.1. The number of hydrogen-bond acceptors (Lipinski definition) is 4. The van der Waals surface area contributed by atoms with E-state index in [1.807, 2.05) is 24.5 Å². The molecule has 0 aliphatic rings. The Morgan fingerprint density at radius 1 is 1.47 bits per heavy atom. The monoisotopic (exact) mass is 292 g/mol. The summed E-state index contributed by atoms with van der Waals surface area (Å²) in [5.41, 5.74) is 1.97. The van der Waals surface area contributed by atoms with E-state index in [1.165, 1.54) is 21.8 Å². The van der Waals surface area contributed by atoms with Gasteiger partial charge in [0.25, 0.3) is 5.91 Å². The van der Waals surface area contributed by atoms with Crippen molar-refractivity contribution in [3.05, 3.63) is 39.7 Å². The zero-order chi connectivity index (χ0) is 13.8. The summed E-state index contributed by atoms with van der Waals surface area (Å²) >= 11 is 3.12. The van der Waals surface area contributed by atoms with E-state index in [4.69, 9.17) is 0 Å². The molecule has 0 radical (unpaired) electrons. The molecule has 0 aromatic carbocycles. The predicted octanol–water partition coefficient (Wildman–Crippen LogP) is 3.99. The van der Waals surface area contributed by atoms with Gasteiger partial charge in [-0.25, -0.2) is 4.98 Å². The first-order valence-corrected chi connectivity index (χ1v) is 8.09. The van der Waals surface area contributed by atoms with Gasteiger partial charge < -0.3 is 5.32 Å². The SMILES string of the molecule is CCc1cc(C(=O)Nc2ccc(SC)nc2)sc1C. The van der Waals surface area contributed by atoms with E-state index in [0.717, 1.165) is 22.0 Å². The van der Waals surface area contributed by atoms with E-state index in [-0.39, 0.29) is 5.91 Å². The molecule has 2 rings (SSSR count). The van der Waals surface area contributed by atoms with E-state index < -0.39 is 0 Å². The highest BCUT2D eigenvalue weighted by Crippen LogP contribution is 2.23. The summed E-state index contributed by atoms with van der Waals surface area (Å²) in [4.78, 5) is 18.3. The van der Waals surface area contributed by atoms with Crippen LogP contribution in [0.3, 0.4) is 0 Å². The minimum atomic E-state index is -0.0634. The maximum Gasteiger partial charge on any atom is 0.265 e. The van der Waals surface area contributed by atoms with Crippen molar-refractivity contribution in [1.29, 1.82) is 0 Å². The van der Waals surface area contributed by atoms with Crippen molar-refractivity contribution >= 4 is 34.7 Å². The Morgan fingerprint density at radius 2 is 2.26 bits per heavy atom. The van der Waals surface area contributed by atoms with Crippen LogP contribution < -0.4 is 5.32 Å². The highest BCUT2D eigenvalue weighted by Gasteiger charge is 2.11. The molecular formula is C14H16N2OS2. The molecule has 2 aromatic rings. The molecular weight excluding hydrogens is 276 g/mol. The predicted molar refractivity (Wildman–Crippen MR) is 82.4 cm³/mol. The van der Waals surface area contributed by atoms with Crippen molar-refractivity contribution in [3.63, 3.8) is 0 Å². The Bertz CT molecular complexity index is 576. The Labute approximate surface area is 121 Å². The number of aryl methyl sites for hydroxylation is 2. The Morgan fingerprint density at radius 3 is 2.79 bits per heavy atom. The maximum atomic E-state index is 12.1. The van der Waals surface area contributed by atoms with Crippen molar-refractivity contribution in [2.45, 2.75) is 25.3 Å². The summed E-state index contributed by atoms with van der Waals surface area (Å²) in [6.45, 7) is 4.15. The molecule has 19 heavy (non-hydrogen) atoms. The smallest absolute Gasteiger partial charge is 0.265 e.